The fourth-order valence-electron chi connectivity index (χ4n) is 4.34. The van der Waals surface area contributed by atoms with E-state index in [9.17, 15) is 9.59 Å². The van der Waals surface area contributed by atoms with E-state index >= 15 is 0 Å². The normalized spacial score (nSPS) is 29.5. The standard InChI is InChI=1S/C20H26N2O2/c1-13-6-8-14(9-7-13)22(15-10-11-15)20(24)17-12-19(23)21-18-5-3-2-4-16(17)18/h2-5,13-15,17H,6-12H2,1H3,(H,21,23). The summed E-state index contributed by atoms with van der Waals surface area (Å²) < 4.78 is 0. The van der Waals surface area contributed by atoms with Gasteiger partial charge in [-0.05, 0) is 56.1 Å². The molecule has 128 valence electrons. The van der Waals surface area contributed by atoms with Gasteiger partial charge in [0.05, 0.1) is 5.92 Å². The average Bonchev–Trinajstić information content (AvgIpc) is 3.41. The lowest BCUT2D eigenvalue weighted by molar-refractivity contribution is -0.138. The Kier molecular flexibility index (Phi) is 4.07. The molecule has 0 saturated heterocycles. The fraction of sp³-hybridized carbons (Fsp3) is 0.600. The summed E-state index contributed by atoms with van der Waals surface area (Å²) in [4.78, 5) is 27.7. The Morgan fingerprint density at radius 3 is 2.33 bits per heavy atom. The molecule has 0 radical (unpaired) electrons. The number of carbonyl (C=O) groups excluding carboxylic acids is 2. The maximum atomic E-state index is 13.4. The van der Waals surface area contributed by atoms with Crippen LogP contribution in [0.2, 0.25) is 0 Å². The number of benzene rings is 1. The van der Waals surface area contributed by atoms with Gasteiger partial charge >= 0.3 is 0 Å². The minimum atomic E-state index is -0.310. The summed E-state index contributed by atoms with van der Waals surface area (Å²) in [6, 6.07) is 8.54. The quantitative estimate of drug-likeness (QED) is 0.921. The Hall–Kier alpha value is -1.84. The predicted molar refractivity (Wildman–Crippen MR) is 93.7 cm³/mol. The molecule has 1 atom stereocenters. The molecular formula is C20H26N2O2. The summed E-state index contributed by atoms with van der Waals surface area (Å²) in [5.41, 5.74) is 1.79. The zero-order chi connectivity index (χ0) is 16.7. The molecule has 1 heterocycles. The van der Waals surface area contributed by atoms with Crippen molar-refractivity contribution in [2.24, 2.45) is 5.92 Å². The Morgan fingerprint density at radius 2 is 1.67 bits per heavy atom. The van der Waals surface area contributed by atoms with E-state index in [1.54, 1.807) is 0 Å². The van der Waals surface area contributed by atoms with Crippen LogP contribution in [0.5, 0.6) is 0 Å². The van der Waals surface area contributed by atoms with Crippen molar-refractivity contribution in [3.05, 3.63) is 29.8 Å². The first-order chi connectivity index (χ1) is 11.6. The first-order valence-corrected chi connectivity index (χ1v) is 9.34. The fourth-order valence-corrected chi connectivity index (χ4v) is 4.34. The van der Waals surface area contributed by atoms with Gasteiger partial charge in [-0.15, -0.1) is 0 Å². The van der Waals surface area contributed by atoms with E-state index in [0.717, 1.165) is 42.9 Å². The summed E-state index contributed by atoms with van der Waals surface area (Å²) in [7, 11) is 0. The highest BCUT2D eigenvalue weighted by Crippen LogP contribution is 2.40. The summed E-state index contributed by atoms with van der Waals surface area (Å²) in [6.07, 6.45) is 7.18. The van der Waals surface area contributed by atoms with Gasteiger partial charge in [-0.2, -0.15) is 0 Å². The van der Waals surface area contributed by atoms with Crippen LogP contribution in [0.1, 0.15) is 63.4 Å². The van der Waals surface area contributed by atoms with Crippen molar-refractivity contribution >= 4 is 17.5 Å². The van der Waals surface area contributed by atoms with Crippen LogP contribution in [0.25, 0.3) is 0 Å². The van der Waals surface area contributed by atoms with Gasteiger partial charge in [0.2, 0.25) is 11.8 Å². The van der Waals surface area contributed by atoms with Gasteiger partial charge < -0.3 is 10.2 Å². The van der Waals surface area contributed by atoms with Gasteiger partial charge in [0.15, 0.2) is 0 Å². The minimum absolute atomic E-state index is 0.0416. The van der Waals surface area contributed by atoms with Crippen molar-refractivity contribution in [3.8, 4) is 0 Å². The minimum Gasteiger partial charge on any atom is -0.336 e. The number of hydrogen-bond acceptors (Lipinski definition) is 2. The molecule has 4 nitrogen and oxygen atoms in total. The monoisotopic (exact) mass is 326 g/mol. The summed E-state index contributed by atoms with van der Waals surface area (Å²) >= 11 is 0. The van der Waals surface area contributed by atoms with Gasteiger partial charge in [0.25, 0.3) is 0 Å². The molecule has 0 bridgehead atoms. The molecule has 0 spiro atoms. The van der Waals surface area contributed by atoms with Gasteiger partial charge in [-0.1, -0.05) is 25.1 Å². The lowest BCUT2D eigenvalue weighted by Gasteiger charge is -2.39. The predicted octanol–water partition coefficient (Wildman–Crippen LogP) is 3.68. The second-order valence-corrected chi connectivity index (χ2v) is 7.78. The SMILES string of the molecule is CC1CCC(N(C(=O)C2CC(=O)Nc3ccccc32)C2CC2)CC1. The number of carbonyl (C=O) groups is 2. The number of nitrogens with one attached hydrogen (secondary N) is 1. The average molecular weight is 326 g/mol. The van der Waals surface area contributed by atoms with Crippen LogP contribution in [-0.2, 0) is 9.59 Å². The number of nitrogens with zero attached hydrogens (tertiary/aromatic N) is 1. The highest BCUT2D eigenvalue weighted by atomic mass is 16.2. The molecule has 4 rings (SSSR count). The van der Waals surface area contributed by atoms with Gasteiger partial charge in [-0.3, -0.25) is 9.59 Å². The molecule has 3 aliphatic rings. The molecular weight excluding hydrogens is 300 g/mol. The lowest BCUT2D eigenvalue weighted by Crippen LogP contribution is -2.47. The smallest absolute Gasteiger partial charge is 0.231 e. The van der Waals surface area contributed by atoms with Crippen LogP contribution in [-0.4, -0.2) is 28.8 Å². The van der Waals surface area contributed by atoms with E-state index in [0.29, 0.717) is 12.1 Å². The van der Waals surface area contributed by atoms with Crippen molar-refractivity contribution in [1.29, 1.82) is 0 Å². The molecule has 24 heavy (non-hydrogen) atoms. The van der Waals surface area contributed by atoms with Crippen LogP contribution in [0.15, 0.2) is 24.3 Å². The Labute approximate surface area is 143 Å². The third kappa shape index (κ3) is 2.94. The number of anilines is 1. The molecule has 1 unspecified atom stereocenters. The zero-order valence-corrected chi connectivity index (χ0v) is 14.3. The Balaban J connectivity index is 1.60. The van der Waals surface area contributed by atoms with E-state index < -0.39 is 0 Å². The highest BCUT2D eigenvalue weighted by molar-refractivity contribution is 6.01. The topological polar surface area (TPSA) is 49.4 Å². The summed E-state index contributed by atoms with van der Waals surface area (Å²) in [6.45, 7) is 2.31. The largest absolute Gasteiger partial charge is 0.336 e. The molecule has 4 heteroatoms. The van der Waals surface area contributed by atoms with E-state index in [1.165, 1.54) is 12.8 Å². The number of amides is 2. The van der Waals surface area contributed by atoms with Crippen LogP contribution in [0, 0.1) is 5.92 Å². The summed E-state index contributed by atoms with van der Waals surface area (Å²) in [5, 5.41) is 2.90. The number of para-hydroxylation sites is 1. The lowest BCUT2D eigenvalue weighted by atomic mass is 9.84. The van der Waals surface area contributed by atoms with Crippen molar-refractivity contribution in [1.82, 2.24) is 4.90 Å². The molecule has 1 aliphatic heterocycles. The molecule has 0 aromatic heterocycles. The molecule has 2 fully saturated rings. The van der Waals surface area contributed by atoms with E-state index in [1.807, 2.05) is 24.3 Å². The molecule has 2 amide bonds. The Bertz CT molecular complexity index is 645. The Morgan fingerprint density at radius 1 is 1.04 bits per heavy atom. The van der Waals surface area contributed by atoms with E-state index in [-0.39, 0.29) is 24.2 Å². The van der Waals surface area contributed by atoms with Gasteiger partial charge in [0.1, 0.15) is 0 Å². The second-order valence-electron chi connectivity index (χ2n) is 7.78. The molecule has 1 aromatic rings. The first-order valence-electron chi connectivity index (χ1n) is 9.34. The van der Waals surface area contributed by atoms with Gasteiger partial charge in [0, 0.05) is 24.2 Å². The third-order valence-corrected chi connectivity index (χ3v) is 5.87. The number of rotatable bonds is 3. The summed E-state index contributed by atoms with van der Waals surface area (Å²) in [5.74, 6) is 0.605. The van der Waals surface area contributed by atoms with Crippen molar-refractivity contribution < 1.29 is 9.59 Å². The van der Waals surface area contributed by atoms with Gasteiger partial charge in [-0.25, -0.2) is 0 Å². The zero-order valence-electron chi connectivity index (χ0n) is 14.3. The second kappa shape index (κ2) is 6.23. The maximum Gasteiger partial charge on any atom is 0.231 e. The molecule has 1 aromatic carbocycles. The molecule has 1 N–H and O–H groups in total. The third-order valence-electron chi connectivity index (χ3n) is 5.87. The maximum absolute atomic E-state index is 13.4. The first kappa shape index (κ1) is 15.7. The van der Waals surface area contributed by atoms with E-state index in [2.05, 4.69) is 17.1 Å². The molecule has 2 aliphatic carbocycles. The molecule has 2 saturated carbocycles. The number of hydrogen-bond donors (Lipinski definition) is 1. The number of fused-ring (bicyclic) bond motifs is 1. The van der Waals surface area contributed by atoms with Crippen molar-refractivity contribution in [2.75, 3.05) is 5.32 Å². The van der Waals surface area contributed by atoms with E-state index in [4.69, 9.17) is 0 Å². The van der Waals surface area contributed by atoms with Crippen molar-refractivity contribution in [3.63, 3.8) is 0 Å². The van der Waals surface area contributed by atoms with Crippen molar-refractivity contribution in [2.45, 2.75) is 69.9 Å². The van der Waals surface area contributed by atoms with Crippen LogP contribution >= 0.6 is 0 Å². The van der Waals surface area contributed by atoms with Crippen LogP contribution < -0.4 is 5.32 Å². The highest BCUT2D eigenvalue weighted by Gasteiger charge is 2.42. The van der Waals surface area contributed by atoms with Crippen LogP contribution in [0.4, 0.5) is 5.69 Å². The van der Waals surface area contributed by atoms with Crippen LogP contribution in [0.3, 0.4) is 0 Å².